The van der Waals surface area contributed by atoms with E-state index >= 15 is 0 Å². The van der Waals surface area contributed by atoms with Crippen molar-refractivity contribution in [2.75, 3.05) is 38.9 Å². The normalized spacial score (nSPS) is 12.7. The number of benzene rings is 1. The van der Waals surface area contributed by atoms with Crippen LogP contribution in [0.1, 0.15) is 18.9 Å². The zero-order valence-electron chi connectivity index (χ0n) is 14.0. The molecule has 1 aliphatic heterocycles. The Hall–Kier alpha value is -0.830. The third-order valence-electron chi connectivity index (χ3n) is 3.32. The molecule has 2 rings (SSSR count). The quantitative estimate of drug-likeness (QED) is 0.299. The Morgan fingerprint density at radius 1 is 1.35 bits per heavy atom. The SMILES string of the molecule is CCNC(=NCCCSC)N(C)Cc1ccc2c(c1)OCO2.I. The number of hydrogen-bond acceptors (Lipinski definition) is 4. The Balaban J connectivity index is 0.00000264. The van der Waals surface area contributed by atoms with E-state index in [0.29, 0.717) is 6.79 Å². The monoisotopic (exact) mass is 451 g/mol. The summed E-state index contributed by atoms with van der Waals surface area (Å²) in [4.78, 5) is 6.82. The van der Waals surface area contributed by atoms with E-state index in [1.807, 2.05) is 23.9 Å². The first kappa shape index (κ1) is 20.2. The number of nitrogens with zero attached hydrogens (tertiary/aromatic N) is 2. The molecule has 0 spiro atoms. The molecule has 1 aliphatic rings. The average Bonchev–Trinajstić information content (AvgIpc) is 2.98. The Morgan fingerprint density at radius 3 is 2.87 bits per heavy atom. The fourth-order valence-electron chi connectivity index (χ4n) is 2.25. The van der Waals surface area contributed by atoms with E-state index < -0.39 is 0 Å². The number of thioether (sulfide) groups is 1. The molecule has 130 valence electrons. The summed E-state index contributed by atoms with van der Waals surface area (Å²) in [5, 5.41) is 3.35. The Bertz CT molecular complexity index is 514. The second kappa shape index (κ2) is 10.9. The Kier molecular flexibility index (Phi) is 9.54. The molecule has 1 aromatic carbocycles. The third-order valence-corrected chi connectivity index (χ3v) is 4.02. The first-order valence-corrected chi connectivity index (χ1v) is 9.01. The molecule has 1 heterocycles. The predicted molar refractivity (Wildman–Crippen MR) is 108 cm³/mol. The van der Waals surface area contributed by atoms with Crippen molar-refractivity contribution in [1.29, 1.82) is 0 Å². The van der Waals surface area contributed by atoms with Crippen LogP contribution in [0.5, 0.6) is 11.5 Å². The lowest BCUT2D eigenvalue weighted by atomic mass is 10.2. The van der Waals surface area contributed by atoms with E-state index in [9.17, 15) is 0 Å². The van der Waals surface area contributed by atoms with Gasteiger partial charge in [0.05, 0.1) is 0 Å². The molecule has 0 atom stereocenters. The van der Waals surface area contributed by atoms with Crippen LogP contribution in [0.3, 0.4) is 0 Å². The highest BCUT2D eigenvalue weighted by atomic mass is 127. The van der Waals surface area contributed by atoms with Crippen LogP contribution in [0.4, 0.5) is 0 Å². The minimum atomic E-state index is 0. The molecule has 0 unspecified atom stereocenters. The molecule has 1 N–H and O–H groups in total. The summed E-state index contributed by atoms with van der Waals surface area (Å²) in [5.41, 5.74) is 1.18. The van der Waals surface area contributed by atoms with Crippen molar-refractivity contribution in [2.24, 2.45) is 4.99 Å². The Morgan fingerprint density at radius 2 is 2.13 bits per heavy atom. The van der Waals surface area contributed by atoms with Crippen molar-refractivity contribution in [3.63, 3.8) is 0 Å². The van der Waals surface area contributed by atoms with E-state index in [1.165, 1.54) is 5.56 Å². The van der Waals surface area contributed by atoms with Crippen LogP contribution in [-0.4, -0.2) is 49.8 Å². The van der Waals surface area contributed by atoms with E-state index in [1.54, 1.807) is 0 Å². The van der Waals surface area contributed by atoms with Gasteiger partial charge in [-0.25, -0.2) is 0 Å². The van der Waals surface area contributed by atoms with Crippen molar-refractivity contribution < 1.29 is 9.47 Å². The van der Waals surface area contributed by atoms with Crippen molar-refractivity contribution in [2.45, 2.75) is 19.9 Å². The highest BCUT2D eigenvalue weighted by molar-refractivity contribution is 14.0. The molecule has 7 heteroatoms. The number of halogens is 1. The topological polar surface area (TPSA) is 46.1 Å². The molecule has 0 saturated carbocycles. The maximum atomic E-state index is 5.43. The molecule has 0 aliphatic carbocycles. The van der Waals surface area contributed by atoms with Crippen LogP contribution < -0.4 is 14.8 Å². The summed E-state index contributed by atoms with van der Waals surface area (Å²) in [5.74, 6) is 3.74. The van der Waals surface area contributed by atoms with Crippen LogP contribution in [0.2, 0.25) is 0 Å². The van der Waals surface area contributed by atoms with Gasteiger partial charge in [0, 0.05) is 26.7 Å². The highest BCUT2D eigenvalue weighted by Gasteiger charge is 2.14. The summed E-state index contributed by atoms with van der Waals surface area (Å²) in [6, 6.07) is 6.07. The summed E-state index contributed by atoms with van der Waals surface area (Å²) < 4.78 is 10.8. The van der Waals surface area contributed by atoms with Gasteiger partial charge in [0.25, 0.3) is 0 Å². The molecule has 0 amide bonds. The third kappa shape index (κ3) is 6.29. The molecule has 0 saturated heterocycles. The Labute approximate surface area is 160 Å². The predicted octanol–water partition coefficient (Wildman–Crippen LogP) is 3.18. The molecule has 0 radical (unpaired) electrons. The van der Waals surface area contributed by atoms with Gasteiger partial charge in [-0.1, -0.05) is 6.07 Å². The van der Waals surface area contributed by atoms with E-state index in [-0.39, 0.29) is 24.0 Å². The second-order valence-corrected chi connectivity index (χ2v) is 6.11. The minimum absolute atomic E-state index is 0. The second-order valence-electron chi connectivity index (χ2n) is 5.13. The van der Waals surface area contributed by atoms with Crippen molar-refractivity contribution >= 4 is 41.7 Å². The lowest BCUT2D eigenvalue weighted by Crippen LogP contribution is -2.38. The molecule has 0 bridgehead atoms. The number of fused-ring (bicyclic) bond motifs is 1. The molecule has 0 fully saturated rings. The van der Waals surface area contributed by atoms with E-state index in [0.717, 1.165) is 49.3 Å². The average molecular weight is 451 g/mol. The van der Waals surface area contributed by atoms with Gasteiger partial charge in [0.1, 0.15) is 0 Å². The molecule has 5 nitrogen and oxygen atoms in total. The summed E-state index contributed by atoms with van der Waals surface area (Å²) in [7, 11) is 2.06. The fraction of sp³-hybridized carbons (Fsp3) is 0.562. The maximum absolute atomic E-state index is 5.43. The smallest absolute Gasteiger partial charge is 0.231 e. The maximum Gasteiger partial charge on any atom is 0.231 e. The van der Waals surface area contributed by atoms with Crippen molar-refractivity contribution in [1.82, 2.24) is 10.2 Å². The zero-order chi connectivity index (χ0) is 15.8. The summed E-state index contributed by atoms with van der Waals surface area (Å²) in [6.45, 7) is 4.91. The van der Waals surface area contributed by atoms with Gasteiger partial charge in [0.15, 0.2) is 17.5 Å². The van der Waals surface area contributed by atoms with Crippen LogP contribution >= 0.6 is 35.7 Å². The fourth-order valence-corrected chi connectivity index (χ4v) is 2.67. The van der Waals surface area contributed by atoms with Gasteiger partial charge in [-0.3, -0.25) is 4.99 Å². The largest absolute Gasteiger partial charge is 0.454 e. The van der Waals surface area contributed by atoms with E-state index in [2.05, 4.69) is 41.5 Å². The lowest BCUT2D eigenvalue weighted by molar-refractivity contribution is 0.174. The summed E-state index contributed by atoms with van der Waals surface area (Å²) in [6.07, 6.45) is 3.23. The molecule has 1 aromatic rings. The molecule has 23 heavy (non-hydrogen) atoms. The molecular weight excluding hydrogens is 425 g/mol. The van der Waals surface area contributed by atoms with Gasteiger partial charge in [-0.15, -0.1) is 24.0 Å². The lowest BCUT2D eigenvalue weighted by Gasteiger charge is -2.22. The number of rotatable bonds is 7. The summed E-state index contributed by atoms with van der Waals surface area (Å²) >= 11 is 1.86. The number of aliphatic imine (C=N–C) groups is 1. The number of guanidine groups is 1. The van der Waals surface area contributed by atoms with Gasteiger partial charge in [0.2, 0.25) is 6.79 Å². The van der Waals surface area contributed by atoms with Crippen LogP contribution in [-0.2, 0) is 6.54 Å². The zero-order valence-corrected chi connectivity index (χ0v) is 17.1. The van der Waals surface area contributed by atoms with Gasteiger partial charge >= 0.3 is 0 Å². The number of ether oxygens (including phenoxy) is 2. The van der Waals surface area contributed by atoms with Gasteiger partial charge in [-0.05, 0) is 43.0 Å². The van der Waals surface area contributed by atoms with E-state index in [4.69, 9.17) is 9.47 Å². The molecule has 0 aromatic heterocycles. The number of hydrogen-bond donors (Lipinski definition) is 1. The first-order chi connectivity index (χ1) is 10.7. The standard InChI is InChI=1S/C16H25N3O2S.HI/c1-4-17-16(18-8-5-9-22-3)19(2)11-13-6-7-14-15(10-13)21-12-20-14;/h6-7,10H,4-5,8-9,11-12H2,1-3H3,(H,17,18);1H. The van der Waals surface area contributed by atoms with Crippen molar-refractivity contribution in [3.8, 4) is 11.5 Å². The van der Waals surface area contributed by atoms with Crippen LogP contribution in [0.15, 0.2) is 23.2 Å². The van der Waals surface area contributed by atoms with Crippen LogP contribution in [0.25, 0.3) is 0 Å². The van der Waals surface area contributed by atoms with Gasteiger partial charge < -0.3 is 19.7 Å². The molecular formula is C16H26IN3O2S. The minimum Gasteiger partial charge on any atom is -0.454 e. The first-order valence-electron chi connectivity index (χ1n) is 7.61. The van der Waals surface area contributed by atoms with Gasteiger partial charge in [-0.2, -0.15) is 11.8 Å². The van der Waals surface area contributed by atoms with Crippen LogP contribution in [0, 0.1) is 0 Å². The highest BCUT2D eigenvalue weighted by Crippen LogP contribution is 2.32. The number of nitrogens with one attached hydrogen (secondary N) is 1. The van der Waals surface area contributed by atoms with Crippen molar-refractivity contribution in [3.05, 3.63) is 23.8 Å².